The van der Waals surface area contributed by atoms with E-state index in [0.717, 1.165) is 0 Å². The molecular formula is C22H16N4O3. The van der Waals surface area contributed by atoms with Crippen molar-refractivity contribution in [2.24, 2.45) is 5.73 Å². The van der Waals surface area contributed by atoms with Gasteiger partial charge in [-0.3, -0.25) is 4.79 Å². The maximum atomic E-state index is 11.6. The molecule has 0 spiro atoms. The predicted octanol–water partition coefficient (Wildman–Crippen LogP) is 3.38. The van der Waals surface area contributed by atoms with Crippen LogP contribution >= 0.6 is 0 Å². The third-order valence-corrected chi connectivity index (χ3v) is 4.33. The molecule has 4 rings (SSSR count). The predicted molar refractivity (Wildman–Crippen MR) is 108 cm³/mol. The van der Waals surface area contributed by atoms with Crippen LogP contribution in [0.5, 0.6) is 11.5 Å². The van der Waals surface area contributed by atoms with E-state index in [9.17, 15) is 15.0 Å². The molecule has 0 aliphatic carbocycles. The molecule has 4 N–H and O–H groups in total. The van der Waals surface area contributed by atoms with Crippen molar-refractivity contribution in [3.8, 4) is 45.7 Å². The summed E-state index contributed by atoms with van der Waals surface area (Å²) in [6.07, 6.45) is 0. The molecule has 3 aromatic carbocycles. The first-order valence-electron chi connectivity index (χ1n) is 8.76. The molecule has 0 saturated carbocycles. The highest BCUT2D eigenvalue weighted by Crippen LogP contribution is 2.32. The highest BCUT2D eigenvalue weighted by molar-refractivity contribution is 5.94. The van der Waals surface area contributed by atoms with Crippen LogP contribution in [0.1, 0.15) is 10.4 Å². The fraction of sp³-hybridized carbons (Fsp3) is 0. The van der Waals surface area contributed by atoms with Gasteiger partial charge in [-0.1, -0.05) is 36.4 Å². The Morgan fingerprint density at radius 1 is 0.690 bits per heavy atom. The number of nitrogens with two attached hydrogens (primary N) is 1. The van der Waals surface area contributed by atoms with Crippen LogP contribution in [0.4, 0.5) is 0 Å². The second kappa shape index (κ2) is 7.40. The van der Waals surface area contributed by atoms with Crippen LogP contribution in [0, 0.1) is 0 Å². The van der Waals surface area contributed by atoms with Crippen molar-refractivity contribution in [1.82, 2.24) is 15.0 Å². The van der Waals surface area contributed by atoms with E-state index >= 15 is 0 Å². The SMILES string of the molecule is NC(=O)c1cccc(-c2nc(-c3ccccc3O)nc(-c3ccccc3O)n2)c1. The fourth-order valence-corrected chi connectivity index (χ4v) is 2.88. The second-order valence-electron chi connectivity index (χ2n) is 6.29. The van der Waals surface area contributed by atoms with E-state index in [1.54, 1.807) is 60.7 Å². The number of primary amides is 1. The summed E-state index contributed by atoms with van der Waals surface area (Å²) in [4.78, 5) is 24.9. The highest BCUT2D eigenvalue weighted by atomic mass is 16.3. The van der Waals surface area contributed by atoms with Gasteiger partial charge < -0.3 is 15.9 Å². The van der Waals surface area contributed by atoms with Crippen molar-refractivity contribution in [3.05, 3.63) is 78.4 Å². The molecule has 0 aliphatic heterocycles. The van der Waals surface area contributed by atoms with Gasteiger partial charge in [-0.2, -0.15) is 0 Å². The number of para-hydroxylation sites is 2. The Labute approximate surface area is 166 Å². The Morgan fingerprint density at radius 3 is 1.72 bits per heavy atom. The van der Waals surface area contributed by atoms with Crippen molar-refractivity contribution < 1.29 is 15.0 Å². The average Bonchev–Trinajstić information content (AvgIpc) is 2.74. The van der Waals surface area contributed by atoms with Gasteiger partial charge in [0, 0.05) is 11.1 Å². The maximum Gasteiger partial charge on any atom is 0.248 e. The normalized spacial score (nSPS) is 10.6. The summed E-state index contributed by atoms with van der Waals surface area (Å²) in [6.45, 7) is 0. The summed E-state index contributed by atoms with van der Waals surface area (Å²) < 4.78 is 0. The van der Waals surface area contributed by atoms with E-state index in [-0.39, 0.29) is 29.0 Å². The minimum Gasteiger partial charge on any atom is -0.507 e. The molecule has 0 bridgehead atoms. The lowest BCUT2D eigenvalue weighted by molar-refractivity contribution is 0.100. The van der Waals surface area contributed by atoms with Crippen LogP contribution in [0.2, 0.25) is 0 Å². The lowest BCUT2D eigenvalue weighted by atomic mass is 10.1. The van der Waals surface area contributed by atoms with Crippen LogP contribution in [-0.4, -0.2) is 31.1 Å². The quantitative estimate of drug-likeness (QED) is 0.496. The first-order chi connectivity index (χ1) is 14.0. The lowest BCUT2D eigenvalue weighted by Gasteiger charge is -2.10. The van der Waals surface area contributed by atoms with Crippen LogP contribution in [-0.2, 0) is 0 Å². The van der Waals surface area contributed by atoms with E-state index in [1.807, 2.05) is 0 Å². The van der Waals surface area contributed by atoms with Gasteiger partial charge in [0.1, 0.15) is 11.5 Å². The number of aromatic nitrogens is 3. The number of carbonyl (C=O) groups is 1. The number of rotatable bonds is 4. The smallest absolute Gasteiger partial charge is 0.248 e. The summed E-state index contributed by atoms with van der Waals surface area (Å²) in [5.41, 5.74) is 7.08. The van der Waals surface area contributed by atoms with E-state index in [0.29, 0.717) is 22.3 Å². The number of carbonyl (C=O) groups excluding carboxylic acids is 1. The molecule has 29 heavy (non-hydrogen) atoms. The minimum absolute atomic E-state index is 0.0128. The number of hydrogen-bond donors (Lipinski definition) is 3. The monoisotopic (exact) mass is 384 g/mol. The van der Waals surface area contributed by atoms with Crippen molar-refractivity contribution in [3.63, 3.8) is 0 Å². The molecule has 0 atom stereocenters. The molecule has 0 radical (unpaired) electrons. The molecule has 142 valence electrons. The molecule has 4 aromatic rings. The van der Waals surface area contributed by atoms with Crippen LogP contribution in [0.25, 0.3) is 34.2 Å². The van der Waals surface area contributed by atoms with Crippen molar-refractivity contribution >= 4 is 5.91 Å². The number of nitrogens with zero attached hydrogens (tertiary/aromatic N) is 3. The van der Waals surface area contributed by atoms with Crippen molar-refractivity contribution in [2.75, 3.05) is 0 Å². The molecular weight excluding hydrogens is 368 g/mol. The largest absolute Gasteiger partial charge is 0.507 e. The van der Waals surface area contributed by atoms with E-state index in [1.165, 1.54) is 12.1 Å². The maximum absolute atomic E-state index is 11.6. The molecule has 0 unspecified atom stereocenters. The van der Waals surface area contributed by atoms with Crippen molar-refractivity contribution in [1.29, 1.82) is 0 Å². The zero-order valence-corrected chi connectivity index (χ0v) is 15.1. The van der Waals surface area contributed by atoms with Gasteiger partial charge >= 0.3 is 0 Å². The van der Waals surface area contributed by atoms with E-state index in [2.05, 4.69) is 15.0 Å². The molecule has 1 aromatic heterocycles. The number of amides is 1. The number of hydrogen-bond acceptors (Lipinski definition) is 6. The third kappa shape index (κ3) is 3.61. The number of phenols is 2. The zero-order chi connectivity index (χ0) is 20.4. The average molecular weight is 384 g/mol. The van der Waals surface area contributed by atoms with Gasteiger partial charge in [-0.15, -0.1) is 0 Å². The van der Waals surface area contributed by atoms with Crippen molar-refractivity contribution in [2.45, 2.75) is 0 Å². The second-order valence-corrected chi connectivity index (χ2v) is 6.29. The van der Waals surface area contributed by atoms with E-state index < -0.39 is 5.91 Å². The van der Waals surface area contributed by atoms with Crippen LogP contribution in [0.15, 0.2) is 72.8 Å². The van der Waals surface area contributed by atoms with E-state index in [4.69, 9.17) is 5.73 Å². The topological polar surface area (TPSA) is 122 Å². The van der Waals surface area contributed by atoms with Gasteiger partial charge in [-0.05, 0) is 36.4 Å². The number of benzene rings is 3. The molecule has 0 fully saturated rings. The highest BCUT2D eigenvalue weighted by Gasteiger charge is 2.16. The summed E-state index contributed by atoms with van der Waals surface area (Å²) in [6, 6.07) is 19.9. The van der Waals surface area contributed by atoms with Gasteiger partial charge in [0.15, 0.2) is 17.5 Å². The third-order valence-electron chi connectivity index (χ3n) is 4.33. The summed E-state index contributed by atoms with van der Waals surface area (Å²) >= 11 is 0. The molecule has 0 aliphatic rings. The van der Waals surface area contributed by atoms with Crippen LogP contribution < -0.4 is 5.73 Å². The van der Waals surface area contributed by atoms with Gasteiger partial charge in [0.2, 0.25) is 5.91 Å². The van der Waals surface area contributed by atoms with Gasteiger partial charge in [-0.25, -0.2) is 15.0 Å². The minimum atomic E-state index is -0.567. The Hall–Kier alpha value is -4.26. The molecule has 7 heteroatoms. The number of aromatic hydroxyl groups is 2. The Morgan fingerprint density at radius 2 is 1.21 bits per heavy atom. The molecule has 1 amide bonds. The Kier molecular flexibility index (Phi) is 4.62. The summed E-state index contributed by atoms with van der Waals surface area (Å²) in [5.74, 6) is 0.201. The first kappa shape index (κ1) is 18.1. The number of phenolic OH excluding ortho intramolecular Hbond substituents is 2. The standard InChI is InChI=1S/C22H16N4O3/c23-19(29)13-6-5-7-14(12-13)20-24-21(15-8-1-3-10-17(15)27)26-22(25-20)16-9-2-4-11-18(16)28/h1-12,27-28H,(H2,23,29). The molecule has 0 saturated heterocycles. The fourth-order valence-electron chi connectivity index (χ4n) is 2.88. The van der Waals surface area contributed by atoms with Crippen LogP contribution in [0.3, 0.4) is 0 Å². The van der Waals surface area contributed by atoms with Gasteiger partial charge in [0.05, 0.1) is 11.1 Å². The Balaban J connectivity index is 1.96. The Bertz CT molecular complexity index is 1160. The molecule has 7 nitrogen and oxygen atoms in total. The van der Waals surface area contributed by atoms with Gasteiger partial charge in [0.25, 0.3) is 0 Å². The summed E-state index contributed by atoms with van der Waals surface area (Å²) in [5, 5.41) is 20.5. The zero-order valence-electron chi connectivity index (χ0n) is 15.1. The first-order valence-corrected chi connectivity index (χ1v) is 8.76. The lowest BCUT2D eigenvalue weighted by Crippen LogP contribution is -2.10. The summed E-state index contributed by atoms with van der Waals surface area (Å²) in [7, 11) is 0. The molecule has 1 heterocycles.